The van der Waals surface area contributed by atoms with Crippen LogP contribution in [0.4, 0.5) is 0 Å². The van der Waals surface area contributed by atoms with E-state index in [1.54, 1.807) is 12.1 Å². The Labute approximate surface area is 146 Å². The van der Waals surface area contributed by atoms with Gasteiger partial charge in [-0.25, -0.2) is 8.42 Å². The Bertz CT molecular complexity index is 598. The van der Waals surface area contributed by atoms with Crippen LogP contribution < -0.4 is 0 Å². The fourth-order valence-electron chi connectivity index (χ4n) is 2.37. The van der Waals surface area contributed by atoms with Crippen molar-refractivity contribution in [3.8, 4) is 0 Å². The highest BCUT2D eigenvalue weighted by molar-refractivity contribution is 7.91. The third kappa shape index (κ3) is 5.38. The number of hydrogen-bond donors (Lipinski definition) is 1. The number of ether oxygens (including phenoxy) is 1. The zero-order chi connectivity index (χ0) is 17.0. The Morgan fingerprint density at radius 2 is 1.96 bits per heavy atom. The van der Waals surface area contributed by atoms with Crippen LogP contribution in [0.25, 0.3) is 0 Å². The highest BCUT2D eigenvalue weighted by Gasteiger charge is 2.30. The summed E-state index contributed by atoms with van der Waals surface area (Å²) in [5.74, 6) is 0. The van der Waals surface area contributed by atoms with Crippen LogP contribution >= 0.6 is 22.9 Å². The predicted octanol–water partition coefficient (Wildman–Crippen LogP) is 1.49. The first kappa shape index (κ1) is 19.1. The molecule has 0 radical (unpaired) electrons. The number of thiophene rings is 1. The van der Waals surface area contributed by atoms with Gasteiger partial charge < -0.3 is 9.84 Å². The van der Waals surface area contributed by atoms with Crippen molar-refractivity contribution < 1.29 is 18.3 Å². The predicted molar refractivity (Wildman–Crippen MR) is 91.6 cm³/mol. The van der Waals surface area contributed by atoms with E-state index in [1.165, 1.54) is 4.31 Å². The lowest BCUT2D eigenvalue weighted by molar-refractivity contribution is -0.0117. The molecule has 1 aromatic heterocycles. The first-order chi connectivity index (χ1) is 10.8. The van der Waals surface area contributed by atoms with E-state index in [2.05, 4.69) is 4.90 Å². The van der Waals surface area contributed by atoms with Gasteiger partial charge in [0.15, 0.2) is 0 Å². The number of β-amino-alcohol motifs (C(OH)–C–C–N with tert-alkyl or cyclic N) is 1. The van der Waals surface area contributed by atoms with Crippen molar-refractivity contribution in [1.29, 1.82) is 0 Å². The van der Waals surface area contributed by atoms with Crippen molar-refractivity contribution in [2.75, 3.05) is 39.3 Å². The average Bonchev–Trinajstić information content (AvgIpc) is 2.93. The maximum Gasteiger partial charge on any atom is 0.252 e. The number of halogens is 1. The fraction of sp³-hybridized carbons (Fsp3) is 0.714. The first-order valence-electron chi connectivity index (χ1n) is 7.56. The van der Waals surface area contributed by atoms with Crippen molar-refractivity contribution in [1.82, 2.24) is 9.21 Å². The average molecular weight is 383 g/mol. The Morgan fingerprint density at radius 3 is 2.48 bits per heavy atom. The largest absolute Gasteiger partial charge is 0.389 e. The molecule has 0 aliphatic carbocycles. The standard InChI is InChI=1S/C14H23ClN2O4S2/c1-11(2)21-10-12(18)9-16-5-7-17(8-6-16)23(19,20)14-4-3-13(15)22-14/h3-4,11-12,18H,5-10H2,1-2H3. The molecule has 132 valence electrons. The van der Waals surface area contributed by atoms with E-state index < -0.39 is 16.1 Å². The van der Waals surface area contributed by atoms with E-state index in [-0.39, 0.29) is 10.3 Å². The molecule has 0 saturated carbocycles. The Kier molecular flexibility index (Phi) is 6.85. The normalized spacial score (nSPS) is 19.3. The molecule has 1 saturated heterocycles. The summed E-state index contributed by atoms with van der Waals surface area (Å²) in [7, 11) is -3.46. The smallest absolute Gasteiger partial charge is 0.252 e. The topological polar surface area (TPSA) is 70.1 Å². The summed E-state index contributed by atoms with van der Waals surface area (Å²) in [5.41, 5.74) is 0. The van der Waals surface area contributed by atoms with Crippen LogP contribution in [-0.2, 0) is 14.8 Å². The Hall–Kier alpha value is -0.220. The molecule has 2 rings (SSSR count). The molecule has 23 heavy (non-hydrogen) atoms. The van der Waals surface area contributed by atoms with E-state index in [9.17, 15) is 13.5 Å². The van der Waals surface area contributed by atoms with Gasteiger partial charge in [0.2, 0.25) is 0 Å². The zero-order valence-corrected chi connectivity index (χ0v) is 15.7. The van der Waals surface area contributed by atoms with Gasteiger partial charge in [-0.05, 0) is 26.0 Å². The van der Waals surface area contributed by atoms with Crippen LogP contribution in [0.3, 0.4) is 0 Å². The molecule has 0 amide bonds. The summed E-state index contributed by atoms with van der Waals surface area (Å²) in [6.07, 6.45) is -0.471. The minimum absolute atomic E-state index is 0.0873. The molecule has 1 aliphatic rings. The van der Waals surface area contributed by atoms with E-state index in [0.717, 1.165) is 11.3 Å². The van der Waals surface area contributed by atoms with Gasteiger partial charge in [-0.15, -0.1) is 11.3 Å². The SMILES string of the molecule is CC(C)OCC(O)CN1CCN(S(=O)(=O)c2ccc(Cl)s2)CC1. The van der Waals surface area contributed by atoms with Crippen molar-refractivity contribution in [2.45, 2.75) is 30.3 Å². The highest BCUT2D eigenvalue weighted by Crippen LogP contribution is 2.28. The lowest BCUT2D eigenvalue weighted by Gasteiger charge is -2.34. The molecule has 1 fully saturated rings. The van der Waals surface area contributed by atoms with Gasteiger partial charge in [-0.2, -0.15) is 4.31 Å². The van der Waals surface area contributed by atoms with Gasteiger partial charge in [0.1, 0.15) is 4.21 Å². The molecule has 0 aromatic carbocycles. The van der Waals surface area contributed by atoms with Crippen LogP contribution in [0.5, 0.6) is 0 Å². The molecule has 1 aliphatic heterocycles. The summed E-state index contributed by atoms with van der Waals surface area (Å²) in [6, 6.07) is 3.14. The van der Waals surface area contributed by atoms with Crippen LogP contribution in [0.2, 0.25) is 4.34 Å². The van der Waals surface area contributed by atoms with E-state index in [4.69, 9.17) is 16.3 Å². The lowest BCUT2D eigenvalue weighted by atomic mass is 10.3. The number of piperazine rings is 1. The second-order valence-electron chi connectivity index (χ2n) is 5.80. The minimum atomic E-state index is -3.46. The van der Waals surface area contributed by atoms with E-state index in [1.807, 2.05) is 13.8 Å². The van der Waals surface area contributed by atoms with Crippen molar-refractivity contribution in [3.05, 3.63) is 16.5 Å². The zero-order valence-electron chi connectivity index (χ0n) is 13.3. The quantitative estimate of drug-likeness (QED) is 0.773. The van der Waals surface area contributed by atoms with Gasteiger partial charge in [-0.3, -0.25) is 4.90 Å². The second kappa shape index (κ2) is 8.24. The van der Waals surface area contributed by atoms with Crippen LogP contribution in [0, 0.1) is 0 Å². The van der Waals surface area contributed by atoms with Crippen LogP contribution in [-0.4, -0.2) is 74.3 Å². The second-order valence-corrected chi connectivity index (χ2v) is 9.68. The van der Waals surface area contributed by atoms with Gasteiger partial charge in [0.25, 0.3) is 10.0 Å². The molecule has 1 aromatic rings. The summed E-state index contributed by atoms with van der Waals surface area (Å²) in [4.78, 5) is 2.06. The van der Waals surface area contributed by atoms with Gasteiger partial charge in [0, 0.05) is 32.7 Å². The number of hydrogen-bond acceptors (Lipinski definition) is 6. The maximum absolute atomic E-state index is 12.5. The molecule has 1 unspecified atom stereocenters. The van der Waals surface area contributed by atoms with Gasteiger partial charge in [-0.1, -0.05) is 11.6 Å². The Balaban J connectivity index is 1.84. The molecular formula is C14H23ClN2O4S2. The third-order valence-electron chi connectivity index (χ3n) is 3.56. The van der Waals surface area contributed by atoms with E-state index in [0.29, 0.717) is 43.7 Å². The van der Waals surface area contributed by atoms with E-state index >= 15 is 0 Å². The number of rotatable bonds is 7. The molecule has 9 heteroatoms. The number of sulfonamides is 1. The summed E-state index contributed by atoms with van der Waals surface area (Å²) < 4.78 is 32.6. The highest BCUT2D eigenvalue weighted by atomic mass is 35.5. The molecule has 1 N–H and O–H groups in total. The van der Waals surface area contributed by atoms with Gasteiger partial charge in [0.05, 0.1) is 23.2 Å². The first-order valence-corrected chi connectivity index (χ1v) is 10.2. The summed E-state index contributed by atoms with van der Waals surface area (Å²) >= 11 is 6.90. The van der Waals surface area contributed by atoms with Crippen molar-refractivity contribution in [3.63, 3.8) is 0 Å². The van der Waals surface area contributed by atoms with Gasteiger partial charge >= 0.3 is 0 Å². The molecule has 1 atom stereocenters. The number of nitrogens with zero attached hydrogens (tertiary/aromatic N) is 2. The summed E-state index contributed by atoms with van der Waals surface area (Å²) in [6.45, 7) is 6.65. The van der Waals surface area contributed by atoms with Crippen molar-refractivity contribution >= 4 is 33.0 Å². The van der Waals surface area contributed by atoms with Crippen LogP contribution in [0.1, 0.15) is 13.8 Å². The molecule has 0 bridgehead atoms. The van der Waals surface area contributed by atoms with Crippen LogP contribution in [0.15, 0.2) is 16.3 Å². The minimum Gasteiger partial charge on any atom is -0.389 e. The molecule has 2 heterocycles. The fourth-order valence-corrected chi connectivity index (χ4v) is 5.43. The number of aliphatic hydroxyl groups excluding tert-OH is 1. The van der Waals surface area contributed by atoms with Crippen molar-refractivity contribution in [2.24, 2.45) is 0 Å². The lowest BCUT2D eigenvalue weighted by Crippen LogP contribution is -2.50. The molecule has 0 spiro atoms. The number of aliphatic hydroxyl groups is 1. The third-order valence-corrected chi connectivity index (χ3v) is 7.16. The maximum atomic E-state index is 12.5. The molecule has 6 nitrogen and oxygen atoms in total. The molecular weight excluding hydrogens is 360 g/mol. The summed E-state index contributed by atoms with van der Waals surface area (Å²) in [5, 5.41) is 9.95. The monoisotopic (exact) mass is 382 g/mol. The Morgan fingerprint density at radius 1 is 1.30 bits per heavy atom.